The van der Waals surface area contributed by atoms with Gasteiger partial charge in [-0.2, -0.15) is 0 Å². The van der Waals surface area contributed by atoms with Crippen molar-refractivity contribution in [2.45, 2.75) is 76.8 Å². The van der Waals surface area contributed by atoms with Gasteiger partial charge in [0, 0.05) is 131 Å². The van der Waals surface area contributed by atoms with E-state index in [4.69, 9.17) is 0 Å². The highest BCUT2D eigenvalue weighted by Gasteiger charge is 2.50. The van der Waals surface area contributed by atoms with E-state index in [-0.39, 0.29) is 53.2 Å². The largest absolute Gasteiger partial charge is 0.386 e. The van der Waals surface area contributed by atoms with E-state index in [9.17, 15) is 28.4 Å². The number of aryl methyl sites for hydroxylation is 2. The second-order valence-corrected chi connectivity index (χ2v) is 20.7. The Morgan fingerprint density at radius 3 is 2.35 bits per heavy atom. The lowest BCUT2D eigenvalue weighted by atomic mass is 9.92. The number of fused-ring (bicyclic) bond motifs is 2. The van der Waals surface area contributed by atoms with Crippen LogP contribution in [0.25, 0.3) is 22.3 Å². The van der Waals surface area contributed by atoms with Gasteiger partial charge in [0.15, 0.2) is 5.82 Å². The zero-order valence-electron chi connectivity index (χ0n) is 41.4. The number of benzene rings is 2. The van der Waals surface area contributed by atoms with Crippen LogP contribution in [0.4, 0.5) is 25.8 Å². The topological polar surface area (TPSA) is 148 Å². The Morgan fingerprint density at radius 1 is 0.875 bits per heavy atom. The molecule has 5 aliphatic heterocycles. The Kier molecular flexibility index (Phi) is 12.6. The van der Waals surface area contributed by atoms with Crippen LogP contribution < -0.4 is 26.0 Å². The number of likely N-dealkylation sites (tertiary alicyclic amines) is 1. The number of hydrogen-bond acceptors (Lipinski definition) is 10. The van der Waals surface area contributed by atoms with Gasteiger partial charge in [-0.1, -0.05) is 6.08 Å². The zero-order chi connectivity index (χ0) is 50.1. The number of anilines is 3. The normalized spacial score (nSPS) is 21.8. The number of aromatic nitrogens is 3. The van der Waals surface area contributed by atoms with Crippen molar-refractivity contribution in [3.63, 3.8) is 0 Å². The summed E-state index contributed by atoms with van der Waals surface area (Å²) in [6, 6.07) is 13.7. The van der Waals surface area contributed by atoms with Crippen LogP contribution in [0.2, 0.25) is 0 Å². The molecular formula is C55H62F2N10O5. The summed E-state index contributed by atoms with van der Waals surface area (Å²) in [6.45, 7) is 11.0. The first-order valence-electron chi connectivity index (χ1n) is 25.6. The van der Waals surface area contributed by atoms with Crippen molar-refractivity contribution >= 4 is 57.3 Å². The summed E-state index contributed by atoms with van der Waals surface area (Å²) >= 11 is 0. The van der Waals surface area contributed by atoms with E-state index in [0.717, 1.165) is 97.6 Å². The minimum Gasteiger partial charge on any atom is -0.386 e. The van der Waals surface area contributed by atoms with Crippen molar-refractivity contribution in [1.29, 1.82) is 0 Å². The first-order chi connectivity index (χ1) is 34.8. The molecule has 5 aromatic rings. The first-order valence-corrected chi connectivity index (χ1v) is 25.6. The minimum atomic E-state index is -0.660. The number of amides is 4. The summed E-state index contributed by atoms with van der Waals surface area (Å²) in [5.74, 6) is -1.24. The zero-order valence-corrected chi connectivity index (χ0v) is 41.4. The predicted octanol–water partition coefficient (Wildman–Crippen LogP) is 6.52. The smallest absolute Gasteiger partial charge is 0.257 e. The average molecular weight is 981 g/mol. The average Bonchev–Trinajstić information content (AvgIpc) is 4.10. The molecule has 8 heterocycles. The molecule has 2 N–H and O–H groups in total. The third-order valence-electron chi connectivity index (χ3n) is 16.4. The molecule has 3 saturated heterocycles. The Balaban J connectivity index is 0.681. The number of rotatable bonds is 11. The fourth-order valence-corrected chi connectivity index (χ4v) is 12.2. The van der Waals surface area contributed by atoms with Gasteiger partial charge in [-0.25, -0.2) is 13.8 Å². The third-order valence-corrected chi connectivity index (χ3v) is 16.4. The number of hydrogen-bond donors (Lipinski definition) is 2. The number of pyridine rings is 2. The second-order valence-electron chi connectivity index (χ2n) is 20.7. The summed E-state index contributed by atoms with van der Waals surface area (Å²) in [5.41, 5.74) is 7.48. The van der Waals surface area contributed by atoms with Crippen LogP contribution in [-0.4, -0.2) is 124 Å². The lowest BCUT2D eigenvalue weighted by Gasteiger charge is -2.40. The molecule has 0 bridgehead atoms. The summed E-state index contributed by atoms with van der Waals surface area (Å²) < 4.78 is 34.3. The van der Waals surface area contributed by atoms with Gasteiger partial charge >= 0.3 is 0 Å². The molecule has 6 aliphatic rings. The predicted molar refractivity (Wildman–Crippen MR) is 272 cm³/mol. The molecule has 11 rings (SSSR count). The van der Waals surface area contributed by atoms with Crippen molar-refractivity contribution in [2.75, 3.05) is 81.1 Å². The minimum absolute atomic E-state index is 0.0193. The van der Waals surface area contributed by atoms with E-state index in [2.05, 4.69) is 55.4 Å². The number of piperazine rings is 1. The monoisotopic (exact) mass is 980 g/mol. The maximum atomic E-state index is 16.1. The maximum Gasteiger partial charge on any atom is 0.257 e. The molecule has 0 radical (unpaired) electrons. The lowest BCUT2D eigenvalue weighted by Crippen LogP contribution is -2.54. The van der Waals surface area contributed by atoms with Crippen molar-refractivity contribution in [2.24, 2.45) is 18.9 Å². The van der Waals surface area contributed by atoms with Gasteiger partial charge in [-0.15, -0.1) is 0 Å². The molecule has 4 amide bonds. The van der Waals surface area contributed by atoms with E-state index < -0.39 is 17.8 Å². The molecule has 2 aromatic carbocycles. The molecule has 1 unspecified atom stereocenters. The van der Waals surface area contributed by atoms with Gasteiger partial charge in [0.2, 0.25) is 17.7 Å². The summed E-state index contributed by atoms with van der Waals surface area (Å²) in [4.78, 5) is 80.8. The van der Waals surface area contributed by atoms with Crippen LogP contribution in [0, 0.1) is 30.4 Å². The maximum absolute atomic E-state index is 16.1. The van der Waals surface area contributed by atoms with E-state index >= 15 is 4.39 Å². The van der Waals surface area contributed by atoms with Crippen LogP contribution in [0.15, 0.2) is 71.8 Å². The van der Waals surface area contributed by atoms with E-state index in [0.29, 0.717) is 73.3 Å². The van der Waals surface area contributed by atoms with Gasteiger partial charge in [0.25, 0.3) is 11.5 Å². The second kappa shape index (κ2) is 19.0. The number of imide groups is 1. The Hall–Kier alpha value is -6.72. The van der Waals surface area contributed by atoms with Gasteiger partial charge in [0.05, 0.1) is 23.5 Å². The summed E-state index contributed by atoms with van der Waals surface area (Å²) in [6.07, 6.45) is 9.88. The molecule has 376 valence electrons. The van der Waals surface area contributed by atoms with E-state index in [1.165, 1.54) is 22.9 Å². The number of halogens is 2. The molecule has 72 heavy (non-hydrogen) atoms. The standard InChI is InChI=1S/C55H62F2N10O5/c1-32-25-37(26-41(56)50(32)36-14-19-63(20-15-36)33(2)47-28-40-44(11-16-59-52(40)61(47)4)66-31-42(57)43(58-3)29-49(66)69)54(71)65-17-12-34(13-18-65)30-62-21-23-64(24-22-62)38-7-8-45-39(27-38)51(35-5-6-35)55(72)67(45)46-9-10-48(68)60-53(46)70/h7-8,11,14,16,25-29,31,33-35,46,51,58H,5-6,9-10,12-13,15,17-24,30H2,1-4H3,(H,60,68,70)/t33-,46+,51?/m0/s1. The molecule has 17 heteroatoms. The Bertz CT molecular complexity index is 3090. The van der Waals surface area contributed by atoms with Crippen molar-refractivity contribution in [1.82, 2.24) is 34.1 Å². The van der Waals surface area contributed by atoms with Crippen molar-refractivity contribution in [3.05, 3.63) is 117 Å². The molecule has 1 saturated carbocycles. The van der Waals surface area contributed by atoms with Crippen molar-refractivity contribution in [3.8, 4) is 5.69 Å². The number of piperidine rings is 2. The Morgan fingerprint density at radius 2 is 1.65 bits per heavy atom. The lowest BCUT2D eigenvalue weighted by molar-refractivity contribution is -0.135. The van der Waals surface area contributed by atoms with Crippen LogP contribution in [0.1, 0.15) is 96.6 Å². The number of nitrogens with zero attached hydrogens (tertiary/aromatic N) is 8. The highest BCUT2D eigenvalue weighted by atomic mass is 19.1. The van der Waals surface area contributed by atoms with Crippen LogP contribution in [0.3, 0.4) is 0 Å². The molecule has 3 atom stereocenters. The highest BCUT2D eigenvalue weighted by Crippen LogP contribution is 2.52. The van der Waals surface area contributed by atoms with Crippen LogP contribution in [0.5, 0.6) is 0 Å². The van der Waals surface area contributed by atoms with E-state index in [1.807, 2.05) is 41.6 Å². The molecule has 0 spiro atoms. The molecule has 3 aromatic heterocycles. The first kappa shape index (κ1) is 47.6. The number of nitrogens with one attached hydrogen (secondary N) is 2. The summed E-state index contributed by atoms with van der Waals surface area (Å²) in [5, 5.41) is 5.88. The molecule has 4 fully saturated rings. The molecule has 1 aliphatic carbocycles. The van der Waals surface area contributed by atoms with E-state index in [1.54, 1.807) is 24.2 Å². The van der Waals surface area contributed by atoms with Crippen LogP contribution >= 0.6 is 0 Å². The van der Waals surface area contributed by atoms with Crippen molar-refractivity contribution < 1.29 is 28.0 Å². The van der Waals surface area contributed by atoms with Gasteiger partial charge in [-0.3, -0.25) is 48.6 Å². The number of carbonyl (C=O) groups is 4. The quantitative estimate of drug-likeness (QED) is 0.140. The fourth-order valence-electron chi connectivity index (χ4n) is 12.2. The van der Waals surface area contributed by atoms with Gasteiger partial charge < -0.3 is 19.7 Å². The van der Waals surface area contributed by atoms with Crippen LogP contribution in [-0.2, 0) is 21.4 Å². The molecule has 15 nitrogen and oxygen atoms in total. The summed E-state index contributed by atoms with van der Waals surface area (Å²) in [7, 11) is 3.51. The van der Waals surface area contributed by atoms with Gasteiger partial charge in [0.1, 0.15) is 17.5 Å². The fraction of sp³-hybridized carbons (Fsp3) is 0.455. The Labute approximate surface area is 417 Å². The van der Waals surface area contributed by atoms with Gasteiger partial charge in [-0.05, 0) is 123 Å². The highest BCUT2D eigenvalue weighted by molar-refractivity contribution is 6.12. The third kappa shape index (κ3) is 8.67. The SMILES string of the molecule is CNc1cc(=O)n(-c2ccnc3c2cc([C@H](C)N2CC=C(c4c(C)cc(C(=O)N5CCC(CN6CCN(c7ccc8c(c7)C(C7CC7)C(=O)N8[C@@H]7CCC(=O)NC7=O)CC6)CC5)cc4F)CC2)n3C)cc1F. The molecular weight excluding hydrogens is 919 g/mol. The number of carbonyl (C=O) groups excluding carboxylic acids is 4.